The van der Waals surface area contributed by atoms with E-state index in [1.54, 1.807) is 5.38 Å². The lowest BCUT2D eigenvalue weighted by Crippen LogP contribution is -2.30. The van der Waals surface area contributed by atoms with Crippen molar-refractivity contribution in [3.05, 3.63) is 71.1 Å². The lowest BCUT2D eigenvalue weighted by molar-refractivity contribution is -0.115. The van der Waals surface area contributed by atoms with Gasteiger partial charge in [0.05, 0.1) is 12.2 Å². The molecule has 3 rings (SSSR count). The Kier molecular flexibility index (Phi) is 5.70. The predicted molar refractivity (Wildman–Crippen MR) is 99.0 cm³/mol. The second-order valence-electron chi connectivity index (χ2n) is 5.73. The monoisotopic (exact) mass is 373 g/mol. The maximum absolute atomic E-state index is 13.3. The Labute approximate surface area is 153 Å². The van der Waals surface area contributed by atoms with Gasteiger partial charge in [0.1, 0.15) is 0 Å². The van der Waals surface area contributed by atoms with Crippen LogP contribution in [-0.2, 0) is 4.79 Å². The smallest absolute Gasteiger partial charge is 0.240 e. The fourth-order valence-corrected chi connectivity index (χ4v) is 3.12. The van der Waals surface area contributed by atoms with Crippen LogP contribution in [0.5, 0.6) is 0 Å². The minimum absolute atomic E-state index is 0.0380. The molecule has 4 nitrogen and oxygen atoms in total. The predicted octanol–water partition coefficient (Wildman–Crippen LogP) is 4.38. The zero-order chi connectivity index (χ0) is 18.5. The molecule has 134 valence electrons. The molecule has 7 heteroatoms. The summed E-state index contributed by atoms with van der Waals surface area (Å²) in [7, 11) is 0. The van der Waals surface area contributed by atoms with E-state index < -0.39 is 11.6 Å². The van der Waals surface area contributed by atoms with Gasteiger partial charge in [-0.2, -0.15) is 0 Å². The highest BCUT2D eigenvalue weighted by Crippen LogP contribution is 2.26. The molecule has 1 heterocycles. The first kappa shape index (κ1) is 18.2. The molecule has 0 bridgehead atoms. The third kappa shape index (κ3) is 4.50. The first-order chi connectivity index (χ1) is 12.5. The van der Waals surface area contributed by atoms with E-state index >= 15 is 0 Å². The van der Waals surface area contributed by atoms with Crippen molar-refractivity contribution in [1.29, 1.82) is 0 Å². The Hall–Kier alpha value is -2.64. The second kappa shape index (κ2) is 8.16. The Morgan fingerprint density at radius 2 is 1.92 bits per heavy atom. The van der Waals surface area contributed by atoms with Crippen LogP contribution in [-0.4, -0.2) is 17.4 Å². The first-order valence-electron chi connectivity index (χ1n) is 8.02. The Morgan fingerprint density at radius 3 is 2.65 bits per heavy atom. The molecule has 0 saturated carbocycles. The molecule has 2 aromatic carbocycles. The second-order valence-corrected chi connectivity index (χ2v) is 6.59. The quantitative estimate of drug-likeness (QED) is 0.674. The molecule has 1 aromatic heterocycles. The van der Waals surface area contributed by atoms with Crippen LogP contribution >= 0.6 is 11.3 Å². The van der Waals surface area contributed by atoms with E-state index in [2.05, 4.69) is 15.6 Å². The molecule has 0 unspecified atom stereocenters. The third-order valence-corrected chi connectivity index (χ3v) is 4.59. The van der Waals surface area contributed by atoms with Gasteiger partial charge in [0.2, 0.25) is 5.91 Å². The number of hydrogen-bond acceptors (Lipinski definition) is 4. The molecule has 0 radical (unpaired) electrons. The van der Waals surface area contributed by atoms with Crippen molar-refractivity contribution in [3.8, 4) is 11.3 Å². The summed E-state index contributed by atoms with van der Waals surface area (Å²) in [6, 6.07) is 13.4. The minimum Gasteiger partial charge on any atom is -0.302 e. The average molecular weight is 373 g/mol. The number of halogens is 2. The topological polar surface area (TPSA) is 54.0 Å². The number of amides is 1. The average Bonchev–Trinajstić information content (AvgIpc) is 3.11. The molecule has 2 N–H and O–H groups in total. The van der Waals surface area contributed by atoms with Crippen molar-refractivity contribution >= 4 is 22.4 Å². The minimum atomic E-state index is -0.930. The van der Waals surface area contributed by atoms with E-state index in [4.69, 9.17) is 0 Å². The van der Waals surface area contributed by atoms with Crippen molar-refractivity contribution in [1.82, 2.24) is 10.3 Å². The van der Waals surface area contributed by atoms with Crippen molar-refractivity contribution in [2.45, 2.75) is 13.0 Å². The number of thiazole rings is 1. The van der Waals surface area contributed by atoms with Gasteiger partial charge in [0, 0.05) is 17.0 Å². The van der Waals surface area contributed by atoms with Crippen LogP contribution in [0, 0.1) is 11.6 Å². The standard InChI is InChI=1S/C19H17F2N3OS/c1-12(13-5-3-2-4-6-13)22-10-18(25)24-19-23-17(11-26-19)14-7-8-15(20)16(21)9-14/h2-9,11-12,22H,10H2,1H3,(H,23,24,25)/t12-/m1/s1. The van der Waals surface area contributed by atoms with Gasteiger partial charge in [0.15, 0.2) is 16.8 Å². The summed E-state index contributed by atoms with van der Waals surface area (Å²) >= 11 is 1.23. The highest BCUT2D eigenvalue weighted by Gasteiger charge is 2.11. The van der Waals surface area contributed by atoms with E-state index in [9.17, 15) is 13.6 Å². The summed E-state index contributed by atoms with van der Waals surface area (Å²) in [5.41, 5.74) is 2.03. The van der Waals surface area contributed by atoms with Gasteiger partial charge in [-0.05, 0) is 30.7 Å². The van der Waals surface area contributed by atoms with Crippen LogP contribution in [0.2, 0.25) is 0 Å². The summed E-state index contributed by atoms with van der Waals surface area (Å²) in [6.07, 6.45) is 0. The van der Waals surface area contributed by atoms with Gasteiger partial charge in [-0.15, -0.1) is 11.3 Å². The van der Waals surface area contributed by atoms with Gasteiger partial charge < -0.3 is 10.6 Å². The van der Waals surface area contributed by atoms with Crippen LogP contribution < -0.4 is 10.6 Å². The van der Waals surface area contributed by atoms with Gasteiger partial charge in [-0.25, -0.2) is 13.8 Å². The number of hydrogen-bond donors (Lipinski definition) is 2. The highest BCUT2D eigenvalue weighted by molar-refractivity contribution is 7.14. The number of carbonyl (C=O) groups is 1. The van der Waals surface area contributed by atoms with Crippen LogP contribution in [0.15, 0.2) is 53.9 Å². The van der Waals surface area contributed by atoms with Crippen LogP contribution in [0.4, 0.5) is 13.9 Å². The summed E-state index contributed by atoms with van der Waals surface area (Å²) in [6.45, 7) is 2.11. The van der Waals surface area contributed by atoms with Crippen molar-refractivity contribution in [2.75, 3.05) is 11.9 Å². The SMILES string of the molecule is C[C@@H](NCC(=O)Nc1nc(-c2ccc(F)c(F)c2)cs1)c1ccccc1. The van der Waals surface area contributed by atoms with Crippen molar-refractivity contribution < 1.29 is 13.6 Å². The van der Waals surface area contributed by atoms with Crippen LogP contribution in [0.25, 0.3) is 11.3 Å². The fourth-order valence-electron chi connectivity index (χ4n) is 2.39. The first-order valence-corrected chi connectivity index (χ1v) is 8.90. The normalized spacial score (nSPS) is 12.0. The molecule has 0 aliphatic rings. The molecule has 0 fully saturated rings. The number of nitrogens with one attached hydrogen (secondary N) is 2. The number of aromatic nitrogens is 1. The molecule has 1 atom stereocenters. The summed E-state index contributed by atoms with van der Waals surface area (Å²) in [4.78, 5) is 16.3. The lowest BCUT2D eigenvalue weighted by atomic mass is 10.1. The lowest BCUT2D eigenvalue weighted by Gasteiger charge is -2.13. The molecule has 0 aliphatic carbocycles. The molecule has 0 spiro atoms. The van der Waals surface area contributed by atoms with Gasteiger partial charge in [-0.3, -0.25) is 4.79 Å². The third-order valence-electron chi connectivity index (χ3n) is 3.83. The van der Waals surface area contributed by atoms with Crippen molar-refractivity contribution in [2.24, 2.45) is 0 Å². The van der Waals surface area contributed by atoms with E-state index in [-0.39, 0.29) is 18.5 Å². The Morgan fingerprint density at radius 1 is 1.15 bits per heavy atom. The summed E-state index contributed by atoms with van der Waals surface area (Å²) < 4.78 is 26.3. The molecule has 26 heavy (non-hydrogen) atoms. The van der Waals surface area contributed by atoms with Gasteiger partial charge in [-0.1, -0.05) is 30.3 Å². The molecule has 3 aromatic rings. The molecular weight excluding hydrogens is 356 g/mol. The van der Waals surface area contributed by atoms with Gasteiger partial charge >= 0.3 is 0 Å². The summed E-state index contributed by atoms with van der Waals surface area (Å²) in [5.74, 6) is -2.06. The van der Waals surface area contributed by atoms with E-state index in [1.807, 2.05) is 37.3 Å². The van der Waals surface area contributed by atoms with Crippen LogP contribution in [0.3, 0.4) is 0 Å². The largest absolute Gasteiger partial charge is 0.302 e. The van der Waals surface area contributed by atoms with Gasteiger partial charge in [0.25, 0.3) is 0 Å². The fraction of sp³-hybridized carbons (Fsp3) is 0.158. The molecule has 1 amide bonds. The molecule has 0 aliphatic heterocycles. The van der Waals surface area contributed by atoms with E-state index in [1.165, 1.54) is 17.4 Å². The number of anilines is 1. The molecular formula is C19H17F2N3OS. The number of nitrogens with zero attached hydrogens (tertiary/aromatic N) is 1. The zero-order valence-corrected chi connectivity index (χ0v) is 14.8. The maximum atomic E-state index is 13.3. The highest BCUT2D eigenvalue weighted by atomic mass is 32.1. The Balaban J connectivity index is 1.57. The van der Waals surface area contributed by atoms with E-state index in [0.717, 1.165) is 17.7 Å². The van der Waals surface area contributed by atoms with E-state index in [0.29, 0.717) is 16.4 Å². The summed E-state index contributed by atoms with van der Waals surface area (Å²) in [5, 5.41) is 7.94. The number of benzene rings is 2. The van der Waals surface area contributed by atoms with Crippen molar-refractivity contribution in [3.63, 3.8) is 0 Å². The number of rotatable bonds is 6. The van der Waals surface area contributed by atoms with Crippen LogP contribution in [0.1, 0.15) is 18.5 Å². The Bertz CT molecular complexity index is 899. The molecule has 0 saturated heterocycles. The zero-order valence-electron chi connectivity index (χ0n) is 14.0. The maximum Gasteiger partial charge on any atom is 0.240 e. The number of carbonyl (C=O) groups excluding carboxylic acids is 1.